The predicted molar refractivity (Wildman–Crippen MR) is 141 cm³/mol. The van der Waals surface area contributed by atoms with Crippen molar-refractivity contribution < 1.29 is 22.8 Å². The molecule has 6 nitrogen and oxygen atoms in total. The number of ether oxygens (including phenoxy) is 1. The molecule has 0 saturated heterocycles. The summed E-state index contributed by atoms with van der Waals surface area (Å²) >= 11 is 8.11. The first-order chi connectivity index (χ1) is 16.7. The summed E-state index contributed by atoms with van der Waals surface area (Å²) in [7, 11) is -4.12. The van der Waals surface area contributed by atoms with Crippen LogP contribution in [0, 0.1) is 0 Å². The normalized spacial score (nSPS) is 13.4. The number of nitrogens with two attached hydrogens (primary N) is 1. The quantitative estimate of drug-likeness (QED) is 0.253. The average Bonchev–Trinajstić information content (AvgIpc) is 2.83. The van der Waals surface area contributed by atoms with Crippen LogP contribution >= 0.6 is 23.4 Å². The Morgan fingerprint density at radius 2 is 1.71 bits per heavy atom. The summed E-state index contributed by atoms with van der Waals surface area (Å²) in [5.41, 5.74) is 7.11. The van der Waals surface area contributed by atoms with Crippen molar-refractivity contribution in [2.75, 3.05) is 12.4 Å². The topological polar surface area (TPSA) is 110 Å². The van der Waals surface area contributed by atoms with Crippen LogP contribution in [-0.4, -0.2) is 36.0 Å². The largest absolute Gasteiger partial charge is 0.489 e. The van der Waals surface area contributed by atoms with E-state index in [0.29, 0.717) is 30.9 Å². The molecule has 1 unspecified atom stereocenters. The van der Waals surface area contributed by atoms with Gasteiger partial charge in [0.05, 0.1) is 12.4 Å². The maximum Gasteiger partial charge on any atom is 0.264 e. The molecule has 0 aliphatic carbocycles. The third-order valence-electron chi connectivity index (χ3n) is 5.61. The molecule has 0 heterocycles. The van der Waals surface area contributed by atoms with Gasteiger partial charge >= 0.3 is 0 Å². The van der Waals surface area contributed by atoms with E-state index in [4.69, 9.17) is 26.6 Å². The Bertz CT molecular complexity index is 1210. The van der Waals surface area contributed by atoms with E-state index in [1.165, 1.54) is 0 Å². The van der Waals surface area contributed by atoms with Crippen molar-refractivity contribution in [3.63, 3.8) is 0 Å². The monoisotopic (exact) mass is 535 g/mol. The van der Waals surface area contributed by atoms with E-state index in [1.807, 2.05) is 72.8 Å². The third kappa shape index (κ3) is 9.48. The van der Waals surface area contributed by atoms with E-state index in [9.17, 15) is 13.5 Å². The van der Waals surface area contributed by atoms with Crippen LogP contribution in [0.4, 0.5) is 0 Å². The highest BCUT2D eigenvalue weighted by atomic mass is 35.5. The molecule has 3 aromatic rings. The van der Waals surface area contributed by atoms with Gasteiger partial charge in [-0.2, -0.15) is 8.42 Å². The van der Waals surface area contributed by atoms with Crippen LogP contribution in [-0.2, 0) is 23.1 Å². The Balaban J connectivity index is 1.54. The van der Waals surface area contributed by atoms with Crippen molar-refractivity contribution in [1.82, 2.24) is 0 Å². The number of rotatable bonds is 13. The summed E-state index contributed by atoms with van der Waals surface area (Å²) in [5, 5.41) is 10.2. The Labute approximate surface area is 216 Å². The van der Waals surface area contributed by atoms with Gasteiger partial charge in [0.1, 0.15) is 12.4 Å². The van der Waals surface area contributed by atoms with Gasteiger partial charge < -0.3 is 15.6 Å². The zero-order valence-corrected chi connectivity index (χ0v) is 21.7. The molecule has 0 spiro atoms. The molecule has 0 aliphatic heterocycles. The van der Waals surface area contributed by atoms with Crippen molar-refractivity contribution in [3.05, 3.63) is 88.9 Å². The fourth-order valence-electron chi connectivity index (χ4n) is 3.55. The van der Waals surface area contributed by atoms with Crippen molar-refractivity contribution in [2.24, 2.45) is 5.73 Å². The van der Waals surface area contributed by atoms with Crippen molar-refractivity contribution in [3.8, 4) is 5.75 Å². The number of aliphatic hydroxyl groups excluding tert-OH is 1. The summed E-state index contributed by atoms with van der Waals surface area (Å²) in [6.45, 7) is 0.144. The minimum Gasteiger partial charge on any atom is -0.489 e. The Morgan fingerprint density at radius 1 is 0.971 bits per heavy atom. The van der Waals surface area contributed by atoms with Crippen molar-refractivity contribution >= 4 is 33.5 Å². The molecule has 4 N–H and O–H groups in total. The highest BCUT2D eigenvalue weighted by Gasteiger charge is 2.26. The van der Waals surface area contributed by atoms with Gasteiger partial charge in [-0.3, -0.25) is 4.55 Å². The van der Waals surface area contributed by atoms with Gasteiger partial charge in [-0.25, -0.2) is 0 Å². The van der Waals surface area contributed by atoms with Crippen molar-refractivity contribution in [2.45, 2.75) is 47.6 Å². The zero-order chi connectivity index (χ0) is 25.3. The molecule has 0 aliphatic rings. The Hall–Kier alpha value is -2.07. The van der Waals surface area contributed by atoms with E-state index < -0.39 is 21.4 Å². The van der Waals surface area contributed by atoms with Gasteiger partial charge in [0.2, 0.25) is 0 Å². The predicted octanol–water partition coefficient (Wildman–Crippen LogP) is 5.36. The highest BCUT2D eigenvalue weighted by Crippen LogP contribution is 2.33. The maximum atomic E-state index is 11.0. The van der Waals surface area contributed by atoms with E-state index >= 15 is 0 Å². The van der Waals surface area contributed by atoms with Crippen molar-refractivity contribution in [1.29, 1.82) is 0 Å². The summed E-state index contributed by atoms with van der Waals surface area (Å²) < 4.78 is 36.9. The summed E-state index contributed by atoms with van der Waals surface area (Å²) in [5.74, 6) is 0.319. The van der Waals surface area contributed by atoms with Gasteiger partial charge in [0, 0.05) is 20.4 Å². The molecule has 1 atom stereocenters. The van der Waals surface area contributed by atoms with E-state index in [2.05, 4.69) is 0 Å². The van der Waals surface area contributed by atoms with Crippen LogP contribution in [0.5, 0.6) is 5.75 Å². The SMILES string of the molecule is NC(CO)(CCCc1ccc(Sc2cccc(OCc3ccccc3)c2)cc1Cl)CCS(=O)(=O)O. The number of hydrogen-bond acceptors (Lipinski definition) is 6. The first-order valence-electron chi connectivity index (χ1n) is 11.2. The lowest BCUT2D eigenvalue weighted by Crippen LogP contribution is -2.45. The fourth-order valence-corrected chi connectivity index (χ4v) is 5.46. The van der Waals surface area contributed by atoms with E-state index in [1.54, 1.807) is 11.8 Å². The second kappa shape index (κ2) is 12.8. The zero-order valence-electron chi connectivity index (χ0n) is 19.3. The van der Waals surface area contributed by atoms with Crippen LogP contribution in [0.25, 0.3) is 0 Å². The number of hydrogen-bond donors (Lipinski definition) is 3. The van der Waals surface area contributed by atoms with E-state index in [-0.39, 0.29) is 13.0 Å². The molecular formula is C26H30ClNO5S2. The number of benzene rings is 3. The minimum absolute atomic E-state index is 0.0141. The molecule has 0 aromatic heterocycles. The fraction of sp³-hybridized carbons (Fsp3) is 0.308. The lowest BCUT2D eigenvalue weighted by Gasteiger charge is -2.26. The maximum absolute atomic E-state index is 11.0. The molecule has 0 saturated carbocycles. The Morgan fingerprint density at radius 3 is 2.40 bits per heavy atom. The van der Waals surface area contributed by atoms with Gasteiger partial charge in [0.25, 0.3) is 10.1 Å². The molecule has 9 heteroatoms. The summed E-state index contributed by atoms with van der Waals surface area (Å²) in [6.07, 6.45) is 1.65. The van der Waals surface area contributed by atoms with E-state index in [0.717, 1.165) is 26.7 Å². The lowest BCUT2D eigenvalue weighted by atomic mass is 9.91. The molecule has 3 rings (SSSR count). The first-order valence-corrected chi connectivity index (χ1v) is 14.0. The van der Waals surface area contributed by atoms with Crippen LogP contribution in [0.1, 0.15) is 30.4 Å². The molecule has 0 amide bonds. The summed E-state index contributed by atoms with van der Waals surface area (Å²) in [6, 6.07) is 23.8. The highest BCUT2D eigenvalue weighted by molar-refractivity contribution is 7.99. The van der Waals surface area contributed by atoms with Gasteiger partial charge in [-0.1, -0.05) is 65.8 Å². The molecule has 0 bridgehead atoms. The molecule has 3 aromatic carbocycles. The third-order valence-corrected chi connectivity index (χ3v) is 7.66. The Kier molecular flexibility index (Phi) is 10.0. The van der Waals surface area contributed by atoms with Gasteiger partial charge in [0.15, 0.2) is 0 Å². The van der Waals surface area contributed by atoms with Crippen LogP contribution in [0.15, 0.2) is 82.6 Å². The average molecular weight is 536 g/mol. The van der Waals surface area contributed by atoms with Gasteiger partial charge in [-0.05, 0) is 67.1 Å². The molecule has 35 heavy (non-hydrogen) atoms. The van der Waals surface area contributed by atoms with Crippen LogP contribution < -0.4 is 10.5 Å². The van der Waals surface area contributed by atoms with Gasteiger partial charge in [-0.15, -0.1) is 0 Å². The molecular weight excluding hydrogens is 506 g/mol. The summed E-state index contributed by atoms with van der Waals surface area (Å²) in [4.78, 5) is 2.03. The first kappa shape index (κ1) is 27.5. The second-order valence-electron chi connectivity index (χ2n) is 8.51. The van der Waals surface area contributed by atoms with Crippen LogP contribution in [0.2, 0.25) is 5.02 Å². The molecule has 0 radical (unpaired) electrons. The second-order valence-corrected chi connectivity index (χ2v) is 11.6. The molecule has 188 valence electrons. The number of aliphatic hydroxyl groups is 1. The standard InChI is InChI=1S/C26H30ClNO5S2/c27-25-17-24(12-11-21(25)8-5-13-26(28,19-29)14-15-35(30,31)32)34-23-10-4-9-22(16-23)33-18-20-6-2-1-3-7-20/h1-4,6-7,9-12,16-17,29H,5,8,13-15,18-19,28H2,(H,30,31,32). The smallest absolute Gasteiger partial charge is 0.264 e. The minimum atomic E-state index is -4.12. The lowest BCUT2D eigenvalue weighted by molar-refractivity contribution is 0.180. The number of halogens is 1. The molecule has 0 fully saturated rings. The number of aryl methyl sites for hydroxylation is 1. The van der Waals surface area contributed by atoms with Crippen LogP contribution in [0.3, 0.4) is 0 Å².